The summed E-state index contributed by atoms with van der Waals surface area (Å²) in [6.07, 6.45) is 0. The molecule has 0 saturated carbocycles. The number of anilines is 1. The Labute approximate surface area is 118 Å². The summed E-state index contributed by atoms with van der Waals surface area (Å²) in [7, 11) is 1.76. The maximum Gasteiger partial charge on any atom is 0.255 e. The van der Waals surface area contributed by atoms with Crippen molar-refractivity contribution in [1.82, 2.24) is 15.1 Å². The van der Waals surface area contributed by atoms with Crippen LogP contribution >= 0.6 is 0 Å². The van der Waals surface area contributed by atoms with Crippen LogP contribution in [0.25, 0.3) is 0 Å². The number of carbonyl (C=O) groups is 1. The summed E-state index contributed by atoms with van der Waals surface area (Å²) in [5.74, 6) is -0.0667. The third-order valence-electron chi connectivity index (χ3n) is 3.05. The maximum atomic E-state index is 12.4. The summed E-state index contributed by atoms with van der Waals surface area (Å²) in [5, 5.41) is 7.93. The van der Waals surface area contributed by atoms with E-state index in [1.807, 2.05) is 31.2 Å². The molecule has 2 rings (SSSR count). The molecule has 0 spiro atoms. The number of nitrogen functional groups attached to an aromatic ring is 1. The van der Waals surface area contributed by atoms with Crippen molar-refractivity contribution in [3.05, 3.63) is 52.8 Å². The number of amides is 1. The number of nitrogens with zero attached hydrogens (tertiary/aromatic N) is 3. The van der Waals surface area contributed by atoms with Gasteiger partial charge in [0.05, 0.1) is 17.0 Å². The van der Waals surface area contributed by atoms with Gasteiger partial charge in [0.15, 0.2) is 0 Å². The molecule has 0 unspecified atom stereocenters. The van der Waals surface area contributed by atoms with Gasteiger partial charge in [0.1, 0.15) is 0 Å². The lowest BCUT2D eigenvalue weighted by molar-refractivity contribution is 0.0783. The Morgan fingerprint density at radius 2 is 2.00 bits per heavy atom. The Balaban J connectivity index is 2.18. The van der Waals surface area contributed by atoms with Crippen molar-refractivity contribution in [1.29, 1.82) is 0 Å². The first-order chi connectivity index (χ1) is 9.47. The molecule has 0 aliphatic rings. The molecular weight excluding hydrogens is 252 g/mol. The lowest BCUT2D eigenvalue weighted by Gasteiger charge is -2.18. The van der Waals surface area contributed by atoms with Crippen LogP contribution < -0.4 is 5.73 Å². The van der Waals surface area contributed by atoms with Gasteiger partial charge in [0.25, 0.3) is 5.91 Å². The highest BCUT2D eigenvalue weighted by atomic mass is 16.2. The highest BCUT2D eigenvalue weighted by molar-refractivity contribution is 5.95. The van der Waals surface area contributed by atoms with Crippen LogP contribution in [-0.2, 0) is 6.54 Å². The molecule has 5 heteroatoms. The van der Waals surface area contributed by atoms with Gasteiger partial charge < -0.3 is 10.6 Å². The normalized spacial score (nSPS) is 10.3. The molecule has 2 aromatic rings. The van der Waals surface area contributed by atoms with E-state index in [0.717, 1.165) is 11.3 Å². The van der Waals surface area contributed by atoms with Crippen LogP contribution in [0.5, 0.6) is 0 Å². The Bertz CT molecular complexity index is 640. The second kappa shape index (κ2) is 5.69. The Kier molecular flexibility index (Phi) is 3.98. The highest BCUT2D eigenvalue weighted by Gasteiger charge is 2.16. The Morgan fingerprint density at radius 3 is 2.70 bits per heavy atom. The summed E-state index contributed by atoms with van der Waals surface area (Å²) in [4.78, 5) is 14.1. The Hall–Kier alpha value is -2.43. The van der Waals surface area contributed by atoms with E-state index in [1.165, 1.54) is 0 Å². The van der Waals surface area contributed by atoms with Crippen molar-refractivity contribution in [3.63, 3.8) is 0 Å². The van der Waals surface area contributed by atoms with E-state index in [4.69, 9.17) is 5.73 Å². The number of rotatable bonds is 3. The zero-order valence-corrected chi connectivity index (χ0v) is 11.9. The maximum absolute atomic E-state index is 12.4. The standard InChI is InChI=1S/C15H18N4O/c1-10-7-14(11(2)18-17-10)15(20)19(3)9-12-5-4-6-13(16)8-12/h4-8H,9,16H2,1-3H3. The van der Waals surface area contributed by atoms with Gasteiger partial charge in [-0.2, -0.15) is 10.2 Å². The second-order valence-corrected chi connectivity index (χ2v) is 4.89. The van der Waals surface area contributed by atoms with E-state index in [1.54, 1.807) is 24.9 Å². The molecule has 20 heavy (non-hydrogen) atoms. The van der Waals surface area contributed by atoms with Gasteiger partial charge in [0, 0.05) is 19.3 Å². The third kappa shape index (κ3) is 3.12. The zero-order valence-electron chi connectivity index (χ0n) is 11.9. The third-order valence-corrected chi connectivity index (χ3v) is 3.05. The van der Waals surface area contributed by atoms with Crippen LogP contribution in [0.1, 0.15) is 27.3 Å². The minimum Gasteiger partial charge on any atom is -0.399 e. The number of aromatic nitrogens is 2. The van der Waals surface area contributed by atoms with E-state index >= 15 is 0 Å². The van der Waals surface area contributed by atoms with Gasteiger partial charge in [-0.15, -0.1) is 0 Å². The molecule has 1 aromatic heterocycles. The summed E-state index contributed by atoms with van der Waals surface area (Å²) in [6, 6.07) is 9.29. The van der Waals surface area contributed by atoms with E-state index < -0.39 is 0 Å². The molecule has 0 bridgehead atoms. The van der Waals surface area contributed by atoms with Crippen LogP contribution in [0, 0.1) is 13.8 Å². The topological polar surface area (TPSA) is 72.1 Å². The number of nitrogens with two attached hydrogens (primary N) is 1. The van der Waals surface area contributed by atoms with Gasteiger partial charge in [-0.05, 0) is 37.6 Å². The lowest BCUT2D eigenvalue weighted by Crippen LogP contribution is -2.27. The van der Waals surface area contributed by atoms with Crippen molar-refractivity contribution in [2.75, 3.05) is 12.8 Å². The molecule has 0 fully saturated rings. The van der Waals surface area contributed by atoms with Crippen LogP contribution in [0.3, 0.4) is 0 Å². The number of aryl methyl sites for hydroxylation is 2. The first-order valence-electron chi connectivity index (χ1n) is 6.38. The minimum absolute atomic E-state index is 0.0667. The smallest absolute Gasteiger partial charge is 0.255 e. The van der Waals surface area contributed by atoms with E-state index in [2.05, 4.69) is 10.2 Å². The van der Waals surface area contributed by atoms with Crippen molar-refractivity contribution in [2.45, 2.75) is 20.4 Å². The summed E-state index contributed by atoms with van der Waals surface area (Å²) >= 11 is 0. The second-order valence-electron chi connectivity index (χ2n) is 4.89. The summed E-state index contributed by atoms with van der Waals surface area (Å²) in [6.45, 7) is 4.11. The van der Waals surface area contributed by atoms with Crippen LogP contribution in [0.2, 0.25) is 0 Å². The van der Waals surface area contributed by atoms with E-state index in [9.17, 15) is 4.79 Å². The number of carbonyl (C=O) groups excluding carboxylic acids is 1. The predicted octanol–water partition coefficient (Wildman–Crippen LogP) is 1.95. The predicted molar refractivity (Wildman–Crippen MR) is 78.2 cm³/mol. The summed E-state index contributed by atoms with van der Waals surface area (Å²) < 4.78 is 0. The SMILES string of the molecule is Cc1cc(C(=O)N(C)Cc2cccc(N)c2)c(C)nn1. The molecular formula is C15H18N4O. The quantitative estimate of drug-likeness (QED) is 0.865. The fourth-order valence-corrected chi connectivity index (χ4v) is 2.01. The van der Waals surface area contributed by atoms with Crippen LogP contribution in [0.4, 0.5) is 5.69 Å². The fourth-order valence-electron chi connectivity index (χ4n) is 2.01. The molecule has 0 saturated heterocycles. The fraction of sp³-hybridized carbons (Fsp3) is 0.267. The Morgan fingerprint density at radius 1 is 1.25 bits per heavy atom. The van der Waals surface area contributed by atoms with Crippen LogP contribution in [0.15, 0.2) is 30.3 Å². The molecule has 104 valence electrons. The molecule has 5 nitrogen and oxygen atoms in total. The van der Waals surface area contributed by atoms with Gasteiger partial charge in [0.2, 0.25) is 0 Å². The lowest BCUT2D eigenvalue weighted by atomic mass is 10.1. The summed E-state index contributed by atoms with van der Waals surface area (Å²) in [5.41, 5.74) is 9.40. The molecule has 1 amide bonds. The largest absolute Gasteiger partial charge is 0.399 e. The first kappa shape index (κ1) is 14.0. The molecule has 0 aliphatic carbocycles. The molecule has 0 radical (unpaired) electrons. The van der Waals surface area contributed by atoms with Gasteiger partial charge in [-0.25, -0.2) is 0 Å². The van der Waals surface area contributed by atoms with E-state index in [0.29, 0.717) is 23.5 Å². The average Bonchev–Trinajstić information content (AvgIpc) is 2.40. The molecule has 2 N–H and O–H groups in total. The van der Waals surface area contributed by atoms with Crippen molar-refractivity contribution in [3.8, 4) is 0 Å². The molecule has 0 atom stereocenters. The molecule has 1 heterocycles. The number of hydrogen-bond acceptors (Lipinski definition) is 4. The highest BCUT2D eigenvalue weighted by Crippen LogP contribution is 2.13. The van der Waals surface area contributed by atoms with Gasteiger partial charge in [-0.3, -0.25) is 4.79 Å². The van der Waals surface area contributed by atoms with Crippen molar-refractivity contribution in [2.24, 2.45) is 0 Å². The van der Waals surface area contributed by atoms with Crippen LogP contribution in [-0.4, -0.2) is 28.1 Å². The monoisotopic (exact) mass is 270 g/mol. The van der Waals surface area contributed by atoms with Crippen molar-refractivity contribution < 1.29 is 4.79 Å². The van der Waals surface area contributed by atoms with E-state index in [-0.39, 0.29) is 5.91 Å². The zero-order chi connectivity index (χ0) is 14.7. The minimum atomic E-state index is -0.0667. The molecule has 0 aliphatic heterocycles. The van der Waals surface area contributed by atoms with Crippen molar-refractivity contribution >= 4 is 11.6 Å². The van der Waals surface area contributed by atoms with Gasteiger partial charge >= 0.3 is 0 Å². The average molecular weight is 270 g/mol. The van der Waals surface area contributed by atoms with Gasteiger partial charge in [-0.1, -0.05) is 12.1 Å². The first-order valence-corrected chi connectivity index (χ1v) is 6.38. The number of hydrogen-bond donors (Lipinski definition) is 1. The number of benzene rings is 1. The molecule has 1 aromatic carbocycles.